The van der Waals surface area contributed by atoms with E-state index >= 15 is 0 Å². The molecule has 0 fully saturated rings. The van der Waals surface area contributed by atoms with Crippen LogP contribution >= 0.6 is 0 Å². The smallest absolute Gasteiger partial charge is 0.306 e. The molecule has 0 aromatic heterocycles. The Labute approximate surface area is 353 Å². The third-order valence-corrected chi connectivity index (χ3v) is 13.2. The van der Waals surface area contributed by atoms with Gasteiger partial charge in [-0.15, -0.1) is 0 Å². The summed E-state index contributed by atoms with van der Waals surface area (Å²) in [7, 11) is -12.2. The molecule has 0 bridgehead atoms. The van der Waals surface area contributed by atoms with Crippen molar-refractivity contribution in [1.82, 2.24) is 9.80 Å². The summed E-state index contributed by atoms with van der Waals surface area (Å²) in [6.07, 6.45) is 0. The van der Waals surface area contributed by atoms with E-state index in [1.54, 1.807) is 0 Å². The lowest BCUT2D eigenvalue weighted by molar-refractivity contribution is -0.139. The Morgan fingerprint density at radius 3 is 1.51 bits per heavy atom. The van der Waals surface area contributed by atoms with Crippen LogP contribution in [0, 0.1) is 6.92 Å². The molecule has 2 aromatic carbocycles. The van der Waals surface area contributed by atoms with Gasteiger partial charge in [0.2, 0.25) is 33.3 Å². The first-order valence-corrected chi connectivity index (χ1v) is 40.9. The van der Waals surface area contributed by atoms with Crippen molar-refractivity contribution in [3.8, 4) is 11.5 Å². The molecule has 324 valence electrons. The average Bonchev–Trinajstić information content (AvgIpc) is 2.96. The maximum Gasteiger partial charge on any atom is 0.306 e. The molecular weight excluding hydrogens is 817 g/mol. The topological polar surface area (TPSA) is 96.0 Å². The standard InChI is InChI=1S/C41H78N2O8Si6/c1-33-20-22-38(48-54(8,9)10)35(24-33)26-42(29-40(44)50-56(14,15)16)28-37(32-47-53(5,6)7)43(30-41(45)51-57(17,18)19)27-36-25-34(31-46-52(2,3)4)21-23-39(36)49-55(11,12)13/h20-25,37H,26-32H2,1-19H3. The van der Waals surface area contributed by atoms with E-state index < -0.39 is 49.9 Å². The summed E-state index contributed by atoms with van der Waals surface area (Å²) >= 11 is 0. The fraction of sp³-hybridized carbons (Fsp3) is 0.659. The van der Waals surface area contributed by atoms with Crippen molar-refractivity contribution >= 4 is 61.8 Å². The summed E-state index contributed by atoms with van der Waals surface area (Å²) in [5, 5.41) is 0. The minimum absolute atomic E-state index is 0.0492. The second-order valence-electron chi connectivity index (χ2n) is 21.2. The monoisotopic (exact) mass is 894 g/mol. The summed E-state index contributed by atoms with van der Waals surface area (Å²) in [6, 6.07) is 12.3. The van der Waals surface area contributed by atoms with Gasteiger partial charge in [-0.3, -0.25) is 19.4 Å². The summed E-state index contributed by atoms with van der Waals surface area (Å²) in [4.78, 5) is 31.9. The van der Waals surface area contributed by atoms with E-state index in [0.717, 1.165) is 33.8 Å². The first-order valence-electron chi connectivity index (χ1n) is 20.4. The molecule has 0 N–H and O–H groups in total. The molecule has 0 saturated heterocycles. The highest BCUT2D eigenvalue weighted by molar-refractivity contribution is 6.72. The van der Waals surface area contributed by atoms with Gasteiger partial charge in [-0.1, -0.05) is 23.8 Å². The molecule has 10 nitrogen and oxygen atoms in total. The highest BCUT2D eigenvalue weighted by Gasteiger charge is 2.32. The molecule has 0 saturated carbocycles. The lowest BCUT2D eigenvalue weighted by Crippen LogP contribution is -2.51. The zero-order valence-corrected chi connectivity index (χ0v) is 45.2. The van der Waals surface area contributed by atoms with Crippen LogP contribution in [0.4, 0.5) is 0 Å². The Balaban J connectivity index is 2.81. The van der Waals surface area contributed by atoms with E-state index in [2.05, 4.69) is 126 Å². The summed E-state index contributed by atoms with van der Waals surface area (Å²) < 4.78 is 38.5. The lowest BCUT2D eigenvalue weighted by atomic mass is 10.1. The van der Waals surface area contributed by atoms with Gasteiger partial charge >= 0.3 is 11.9 Å². The van der Waals surface area contributed by atoms with Crippen LogP contribution in [0.2, 0.25) is 118 Å². The number of carbonyl (C=O) groups is 2. The predicted molar refractivity (Wildman–Crippen MR) is 251 cm³/mol. The SMILES string of the molecule is Cc1ccc(O[Si](C)(C)C)c(CN(CC(=O)O[Si](C)(C)C)CC(CO[Si](C)(C)C)N(CC(=O)O[Si](C)(C)C)Cc2cc(CO[Si](C)(C)C)ccc2O[Si](C)(C)C)c1. The Morgan fingerprint density at radius 2 is 1.04 bits per heavy atom. The van der Waals surface area contributed by atoms with E-state index in [-0.39, 0.29) is 31.1 Å². The maximum atomic E-state index is 13.9. The molecule has 0 aliphatic rings. The molecule has 0 aliphatic carbocycles. The van der Waals surface area contributed by atoms with Crippen molar-refractivity contribution < 1.29 is 36.1 Å². The summed E-state index contributed by atoms with van der Waals surface area (Å²) in [5.74, 6) is 1.11. The van der Waals surface area contributed by atoms with Crippen LogP contribution in [-0.4, -0.2) is 104 Å². The van der Waals surface area contributed by atoms with Gasteiger partial charge in [-0.2, -0.15) is 0 Å². The van der Waals surface area contributed by atoms with E-state index in [4.69, 9.17) is 26.6 Å². The molecule has 57 heavy (non-hydrogen) atoms. The van der Waals surface area contributed by atoms with Crippen molar-refractivity contribution in [3.05, 3.63) is 58.7 Å². The van der Waals surface area contributed by atoms with E-state index in [9.17, 15) is 9.59 Å². The van der Waals surface area contributed by atoms with Crippen molar-refractivity contribution in [2.45, 2.75) is 151 Å². The second-order valence-corrected chi connectivity index (χ2v) is 48.0. The minimum atomic E-state index is -2.21. The van der Waals surface area contributed by atoms with Crippen LogP contribution in [0.15, 0.2) is 36.4 Å². The maximum absolute atomic E-state index is 13.9. The third-order valence-electron chi connectivity index (χ3n) is 7.83. The summed E-state index contributed by atoms with van der Waals surface area (Å²) in [6.45, 7) is 42.6. The number of nitrogens with zero attached hydrogens (tertiary/aromatic N) is 2. The molecule has 0 radical (unpaired) electrons. The van der Waals surface area contributed by atoms with Gasteiger partial charge in [0.05, 0.1) is 26.3 Å². The quantitative estimate of drug-likeness (QED) is 0.100. The number of hydrogen-bond acceptors (Lipinski definition) is 10. The Hall–Kier alpha value is -1.88. The normalized spacial score (nSPS) is 13.8. The number of rotatable bonds is 23. The number of aryl methyl sites for hydroxylation is 1. The predicted octanol–water partition coefficient (Wildman–Crippen LogP) is 10.1. The third kappa shape index (κ3) is 22.9. The average molecular weight is 896 g/mol. The fourth-order valence-electron chi connectivity index (χ4n) is 5.81. The fourth-order valence-corrected chi connectivity index (χ4v) is 10.3. The van der Waals surface area contributed by atoms with Crippen LogP contribution < -0.4 is 8.85 Å². The van der Waals surface area contributed by atoms with Crippen LogP contribution in [-0.2, 0) is 47.0 Å². The Bertz CT molecular complexity index is 1620. The number of benzene rings is 2. The first kappa shape index (κ1) is 51.3. The minimum Gasteiger partial charge on any atom is -0.544 e. The lowest BCUT2D eigenvalue weighted by Gasteiger charge is -2.37. The molecule has 0 amide bonds. The zero-order chi connectivity index (χ0) is 43.8. The van der Waals surface area contributed by atoms with Crippen molar-refractivity contribution in [2.75, 3.05) is 26.2 Å². The van der Waals surface area contributed by atoms with E-state index in [1.807, 2.05) is 45.3 Å². The zero-order valence-electron chi connectivity index (χ0n) is 39.2. The number of hydrogen-bond donors (Lipinski definition) is 0. The first-order chi connectivity index (χ1) is 25.7. The molecular formula is C41H78N2O8Si6. The van der Waals surface area contributed by atoms with E-state index in [1.165, 1.54) is 0 Å². The second kappa shape index (κ2) is 20.6. The van der Waals surface area contributed by atoms with Crippen LogP contribution in [0.1, 0.15) is 22.3 Å². The molecule has 0 heterocycles. The Morgan fingerprint density at radius 1 is 0.561 bits per heavy atom. The largest absolute Gasteiger partial charge is 0.544 e. The van der Waals surface area contributed by atoms with Crippen LogP contribution in [0.3, 0.4) is 0 Å². The molecule has 1 atom stereocenters. The van der Waals surface area contributed by atoms with Crippen LogP contribution in [0.25, 0.3) is 0 Å². The molecule has 0 aliphatic heterocycles. The van der Waals surface area contributed by atoms with Crippen molar-refractivity contribution in [3.63, 3.8) is 0 Å². The summed E-state index contributed by atoms with van der Waals surface area (Å²) in [5.41, 5.74) is 4.15. The highest BCUT2D eigenvalue weighted by atomic mass is 28.4. The number of carbonyl (C=O) groups excluding carboxylic acids is 2. The molecule has 1 unspecified atom stereocenters. The Kier molecular flexibility index (Phi) is 18.5. The van der Waals surface area contributed by atoms with Gasteiger partial charge < -0.3 is 26.6 Å². The van der Waals surface area contributed by atoms with Gasteiger partial charge in [0.15, 0.2) is 16.6 Å². The van der Waals surface area contributed by atoms with Crippen molar-refractivity contribution in [2.24, 2.45) is 0 Å². The van der Waals surface area contributed by atoms with Gasteiger partial charge in [0.25, 0.3) is 0 Å². The van der Waals surface area contributed by atoms with Gasteiger partial charge in [0.1, 0.15) is 11.5 Å². The molecule has 16 heteroatoms. The van der Waals surface area contributed by atoms with Gasteiger partial charge in [-0.05, 0) is 149 Å². The molecule has 2 aromatic rings. The molecule has 0 spiro atoms. The van der Waals surface area contributed by atoms with Gasteiger partial charge in [0, 0.05) is 36.8 Å². The highest BCUT2D eigenvalue weighted by Crippen LogP contribution is 2.29. The van der Waals surface area contributed by atoms with Crippen molar-refractivity contribution in [1.29, 1.82) is 0 Å². The van der Waals surface area contributed by atoms with Gasteiger partial charge in [-0.25, -0.2) is 0 Å². The van der Waals surface area contributed by atoms with Crippen LogP contribution in [0.5, 0.6) is 11.5 Å². The molecule has 2 rings (SSSR count). The van der Waals surface area contributed by atoms with E-state index in [0.29, 0.717) is 32.8 Å².